The van der Waals surface area contributed by atoms with Crippen molar-refractivity contribution in [1.82, 2.24) is 4.58 Å². The van der Waals surface area contributed by atoms with Crippen LogP contribution in [0.5, 0.6) is 11.5 Å². The molecule has 3 aromatic rings. The Labute approximate surface area is 343 Å². The summed E-state index contributed by atoms with van der Waals surface area (Å²) in [5.41, 5.74) is -0.480. The molecule has 18 heteroatoms. The molecule has 0 N–H and O–H groups in total. The molecule has 0 fully saturated rings. The van der Waals surface area contributed by atoms with Gasteiger partial charge in [-0.1, -0.05) is 18.2 Å². The van der Waals surface area contributed by atoms with Crippen molar-refractivity contribution in [3.63, 3.8) is 0 Å². The smallest absolute Gasteiger partial charge is 0.748 e. The topological polar surface area (TPSA) is 210 Å². The second-order valence-electron chi connectivity index (χ2n) is 13.7. The molecule has 0 atom stereocenters. The Balaban J connectivity index is 0.00000252. The van der Waals surface area contributed by atoms with Gasteiger partial charge in [-0.2, -0.15) is 0 Å². The summed E-state index contributed by atoms with van der Waals surface area (Å²) in [6, 6.07) is 9.57. The van der Waals surface area contributed by atoms with Gasteiger partial charge in [0, 0.05) is 60.1 Å². The van der Waals surface area contributed by atoms with Gasteiger partial charge < -0.3 is 38.5 Å². The Hall–Kier alpha value is -3.04. The standard InChI is InChI=1S/C35H34N2O11S2.3Li/c1-34(2)14-19(16-49(42,43)44)22-10-25-29(12-27(22)36(34)5)48-30-13-28-23(20(17-50(45,46)47)15-35(3,4)37(28)6)11-26(30)31(25)24-9-18(32(38)39)7-8-21(24)33(40)41;;;/h7-15H,16-17H2,1-6H3,(H3-,38,39,40,41,42,43,44,45,46,47);;;/q;3*+1/p-3. The maximum absolute atomic E-state index is 12.5. The molecular formula is C35H31Li3N2O11S2. The fourth-order valence-corrected chi connectivity index (χ4v) is 8.06. The van der Waals surface area contributed by atoms with E-state index in [2.05, 4.69) is 0 Å². The van der Waals surface area contributed by atoms with Gasteiger partial charge >= 0.3 is 56.6 Å². The number of ether oxygens (including phenoxy) is 1. The van der Waals surface area contributed by atoms with Gasteiger partial charge in [0.25, 0.3) is 0 Å². The van der Waals surface area contributed by atoms with E-state index in [4.69, 9.17) is 4.74 Å². The number of hydrogen-bond donors (Lipinski definition) is 0. The Morgan fingerprint density at radius 1 is 0.755 bits per heavy atom. The summed E-state index contributed by atoms with van der Waals surface area (Å²) in [6.45, 7) is 7.31. The predicted molar refractivity (Wildman–Crippen MR) is 178 cm³/mol. The zero-order valence-electron chi connectivity index (χ0n) is 30.8. The third kappa shape index (κ3) is 8.31. The van der Waals surface area contributed by atoms with E-state index in [0.29, 0.717) is 22.2 Å². The summed E-state index contributed by atoms with van der Waals surface area (Å²) in [4.78, 5) is 26.4. The van der Waals surface area contributed by atoms with Crippen LogP contribution in [0.15, 0.2) is 54.6 Å². The third-order valence-corrected chi connectivity index (χ3v) is 10.9. The van der Waals surface area contributed by atoms with Crippen LogP contribution in [0.1, 0.15) is 70.7 Å². The minimum Gasteiger partial charge on any atom is -0.748 e. The molecule has 262 valence electrons. The van der Waals surface area contributed by atoms with Gasteiger partial charge in [0.1, 0.15) is 18.5 Å². The maximum atomic E-state index is 12.5. The molecule has 0 saturated heterocycles. The number of fused-ring (bicyclic) bond motifs is 4. The molecular weight excluding hydrogens is 709 g/mol. The van der Waals surface area contributed by atoms with Crippen LogP contribution in [0, 0.1) is 0 Å². The zero-order chi connectivity index (χ0) is 36.9. The van der Waals surface area contributed by atoms with E-state index in [1.165, 1.54) is 0 Å². The maximum Gasteiger partial charge on any atom is 1.00 e. The van der Waals surface area contributed by atoms with Crippen molar-refractivity contribution < 1.29 is 107 Å². The number of nitrogens with zero attached hydrogens (tertiary/aromatic N) is 2. The first-order valence-electron chi connectivity index (χ1n) is 15.3. The van der Waals surface area contributed by atoms with E-state index < -0.39 is 60.3 Å². The van der Waals surface area contributed by atoms with E-state index in [1.54, 1.807) is 50.5 Å². The fraction of sp³-hybridized carbons (Fsp3) is 0.286. The van der Waals surface area contributed by atoms with Crippen LogP contribution in [0.3, 0.4) is 0 Å². The molecule has 0 saturated carbocycles. The SMILES string of the molecule is CN1c2cc3c(cc2C(CS(=O)(=O)[O-])=CC1(C)C)C(c1cc(C(=O)[O-])ccc1C(=O)[O-])=c1cc2c(cc1O3)=[N+](C)C(C)(C)C=C2CS(=O)(=O)[O-].[Li+].[Li+].[Li+]. The molecule has 0 radical (unpaired) electrons. The second kappa shape index (κ2) is 14.9. The van der Waals surface area contributed by atoms with Gasteiger partial charge in [-0.3, -0.25) is 0 Å². The number of carboxylic acid groups (broad SMARTS) is 2. The van der Waals surface area contributed by atoms with Gasteiger partial charge in [0.15, 0.2) is 5.54 Å². The summed E-state index contributed by atoms with van der Waals surface area (Å²) >= 11 is 0. The van der Waals surface area contributed by atoms with E-state index in [-0.39, 0.29) is 107 Å². The zero-order valence-corrected chi connectivity index (χ0v) is 32.4. The average molecular weight is 741 g/mol. The molecule has 0 aliphatic carbocycles. The Bertz CT molecular complexity index is 2510. The largest absolute Gasteiger partial charge is 1.00 e. The number of hydrogen-bond acceptors (Lipinski definition) is 12. The van der Waals surface area contributed by atoms with Gasteiger partial charge in [0.05, 0.1) is 60.8 Å². The summed E-state index contributed by atoms with van der Waals surface area (Å²) in [7, 11) is -5.99. The Kier molecular flexibility index (Phi) is 12.5. The molecule has 6 rings (SSSR count). The van der Waals surface area contributed by atoms with Crippen molar-refractivity contribution in [2.45, 2.75) is 38.8 Å². The Morgan fingerprint density at radius 3 is 1.89 bits per heavy atom. The molecule has 0 amide bonds. The summed E-state index contributed by atoms with van der Waals surface area (Å²) in [5.74, 6) is -4.54. The van der Waals surface area contributed by atoms with Gasteiger partial charge in [-0.25, -0.2) is 21.4 Å². The van der Waals surface area contributed by atoms with Crippen molar-refractivity contribution >= 4 is 54.6 Å². The molecule has 0 aromatic heterocycles. The summed E-state index contributed by atoms with van der Waals surface area (Å²) in [6.07, 6.45) is 3.29. The Morgan fingerprint density at radius 2 is 1.34 bits per heavy atom. The van der Waals surface area contributed by atoms with Crippen LogP contribution in [-0.2, 0) is 20.2 Å². The van der Waals surface area contributed by atoms with Crippen molar-refractivity contribution in [3.8, 4) is 11.5 Å². The van der Waals surface area contributed by atoms with Crippen LogP contribution < -0.4 is 91.6 Å². The second-order valence-corrected chi connectivity index (χ2v) is 16.5. The first-order chi connectivity index (χ1) is 23.0. The first-order valence-corrected chi connectivity index (χ1v) is 18.4. The van der Waals surface area contributed by atoms with Gasteiger partial charge in [-0.15, -0.1) is 0 Å². The molecule has 0 unspecified atom stereocenters. The molecule has 3 heterocycles. The van der Waals surface area contributed by atoms with Crippen LogP contribution in [-0.4, -0.2) is 74.6 Å². The molecule has 13 nitrogen and oxygen atoms in total. The molecule has 0 spiro atoms. The number of likely N-dealkylation sites (N-methyl/N-ethyl adjacent to an activating group) is 2. The quantitative estimate of drug-likeness (QED) is 0.0983. The predicted octanol–water partition coefficient (Wildman–Crippen LogP) is -9.22. The number of rotatable bonds is 7. The number of carboxylic acids is 2. The average Bonchev–Trinajstić information content (AvgIpc) is 2.97. The van der Waals surface area contributed by atoms with Crippen molar-refractivity contribution in [1.29, 1.82) is 0 Å². The van der Waals surface area contributed by atoms with E-state index >= 15 is 0 Å². The molecule has 3 aliphatic rings. The van der Waals surface area contributed by atoms with E-state index in [9.17, 15) is 45.7 Å². The molecule has 0 bridgehead atoms. The minimum absolute atomic E-state index is 0. The third-order valence-electron chi connectivity index (χ3n) is 9.56. The number of carbonyl (C=O) groups excluding carboxylic acids is 2. The van der Waals surface area contributed by atoms with Crippen LogP contribution in [0.4, 0.5) is 5.69 Å². The van der Waals surface area contributed by atoms with Crippen LogP contribution in [0.25, 0.3) is 16.7 Å². The number of anilines is 1. The van der Waals surface area contributed by atoms with Crippen LogP contribution in [0.2, 0.25) is 0 Å². The first kappa shape index (κ1) is 44.4. The fourth-order valence-electron chi connectivity index (χ4n) is 6.82. The molecule has 3 aromatic carbocycles. The van der Waals surface area contributed by atoms with Gasteiger partial charge in [-0.05, 0) is 60.4 Å². The molecule has 53 heavy (non-hydrogen) atoms. The number of carbonyl (C=O) groups is 2. The van der Waals surface area contributed by atoms with E-state index in [0.717, 1.165) is 18.2 Å². The summed E-state index contributed by atoms with van der Waals surface area (Å²) < 4.78 is 80.6. The van der Waals surface area contributed by atoms with Crippen molar-refractivity contribution in [2.24, 2.45) is 0 Å². The monoisotopic (exact) mass is 740 g/mol. The van der Waals surface area contributed by atoms with Gasteiger partial charge in [0.2, 0.25) is 5.36 Å². The van der Waals surface area contributed by atoms with Crippen LogP contribution >= 0.6 is 0 Å². The minimum atomic E-state index is -4.77. The molecule has 3 aliphatic heterocycles. The number of aromatic carboxylic acids is 2. The number of benzene rings is 3. The van der Waals surface area contributed by atoms with Crippen molar-refractivity contribution in [3.05, 3.63) is 98.6 Å². The van der Waals surface area contributed by atoms with E-state index in [1.807, 2.05) is 37.2 Å². The normalized spacial score (nSPS) is 16.4. The van der Waals surface area contributed by atoms with Crippen molar-refractivity contribution in [2.75, 3.05) is 30.5 Å². The summed E-state index contributed by atoms with van der Waals surface area (Å²) in [5, 5.41) is 25.3.